The number of hydrogen-bond acceptors (Lipinski definition) is 3. The highest BCUT2D eigenvalue weighted by atomic mass is 16.3. The van der Waals surface area contributed by atoms with Crippen molar-refractivity contribution in [3.63, 3.8) is 0 Å². The Morgan fingerprint density at radius 1 is 1.26 bits per heavy atom. The Morgan fingerprint density at radius 2 is 2.04 bits per heavy atom. The van der Waals surface area contributed by atoms with Crippen LogP contribution in [0.4, 0.5) is 0 Å². The number of hydrogen-bond donors (Lipinski definition) is 1. The molecular weight excluding hydrogens is 290 g/mol. The van der Waals surface area contributed by atoms with E-state index in [2.05, 4.69) is 10.4 Å². The van der Waals surface area contributed by atoms with Crippen LogP contribution in [-0.4, -0.2) is 15.7 Å². The minimum absolute atomic E-state index is 0.0810. The Labute approximate surface area is 134 Å². The summed E-state index contributed by atoms with van der Waals surface area (Å²) in [7, 11) is 0. The molecule has 0 fully saturated rings. The van der Waals surface area contributed by atoms with E-state index >= 15 is 0 Å². The van der Waals surface area contributed by atoms with Crippen LogP contribution in [0.25, 0.3) is 11.5 Å². The van der Waals surface area contributed by atoms with Crippen molar-refractivity contribution >= 4 is 5.91 Å². The molecule has 0 saturated carbocycles. The molecule has 0 aliphatic carbocycles. The third-order valence-electron chi connectivity index (χ3n) is 3.73. The molecule has 0 aliphatic heterocycles. The number of nitrogens with one attached hydrogen (secondary N) is 1. The molecule has 5 nitrogen and oxygen atoms in total. The Bertz CT molecular complexity index is 776. The summed E-state index contributed by atoms with van der Waals surface area (Å²) in [6.07, 6.45) is 1.61. The lowest BCUT2D eigenvalue weighted by molar-refractivity contribution is 0.0934. The summed E-state index contributed by atoms with van der Waals surface area (Å²) < 4.78 is 7.18. The minimum atomic E-state index is -0.193. The number of aromatic nitrogens is 2. The van der Waals surface area contributed by atoms with Gasteiger partial charge in [0.1, 0.15) is 5.69 Å². The van der Waals surface area contributed by atoms with Gasteiger partial charge in [0.05, 0.1) is 12.3 Å². The van der Waals surface area contributed by atoms with Crippen LogP contribution in [0.3, 0.4) is 0 Å². The first kappa shape index (κ1) is 15.1. The number of aryl methyl sites for hydroxylation is 1. The van der Waals surface area contributed by atoms with Gasteiger partial charge in [-0.2, -0.15) is 5.10 Å². The van der Waals surface area contributed by atoms with E-state index in [9.17, 15) is 4.79 Å². The highest BCUT2D eigenvalue weighted by molar-refractivity contribution is 5.93. The van der Waals surface area contributed by atoms with Gasteiger partial charge in [-0.25, -0.2) is 0 Å². The molecule has 3 rings (SSSR count). The molecule has 1 N–H and O–H groups in total. The van der Waals surface area contributed by atoms with Gasteiger partial charge in [-0.05, 0) is 31.5 Å². The molecule has 2 heterocycles. The first-order valence-corrected chi connectivity index (χ1v) is 7.66. The van der Waals surface area contributed by atoms with Gasteiger partial charge < -0.3 is 9.73 Å². The molecule has 1 atom stereocenters. The Kier molecular flexibility index (Phi) is 4.28. The molecule has 1 unspecified atom stereocenters. The summed E-state index contributed by atoms with van der Waals surface area (Å²) in [6.45, 7) is 4.60. The van der Waals surface area contributed by atoms with Gasteiger partial charge in [-0.1, -0.05) is 30.3 Å². The quantitative estimate of drug-likeness (QED) is 0.782. The first-order valence-electron chi connectivity index (χ1n) is 7.66. The summed E-state index contributed by atoms with van der Waals surface area (Å²) >= 11 is 0. The maximum absolute atomic E-state index is 12.5. The average Bonchev–Trinajstić information content (AvgIpc) is 3.24. The van der Waals surface area contributed by atoms with Crippen LogP contribution in [0.2, 0.25) is 0 Å². The van der Waals surface area contributed by atoms with Crippen molar-refractivity contribution in [2.45, 2.75) is 26.4 Å². The zero-order valence-electron chi connectivity index (χ0n) is 13.2. The van der Waals surface area contributed by atoms with E-state index in [0.29, 0.717) is 18.0 Å². The summed E-state index contributed by atoms with van der Waals surface area (Å²) in [5, 5.41) is 7.35. The summed E-state index contributed by atoms with van der Waals surface area (Å²) in [5.74, 6) is 0.510. The SMILES string of the molecule is CCn1nc(C(=O)NC(C)c2ccccc2)cc1-c1ccco1. The van der Waals surface area contributed by atoms with Crippen molar-refractivity contribution in [2.24, 2.45) is 0 Å². The number of carbonyl (C=O) groups is 1. The average molecular weight is 309 g/mol. The Balaban J connectivity index is 1.80. The lowest BCUT2D eigenvalue weighted by atomic mass is 10.1. The van der Waals surface area contributed by atoms with E-state index in [4.69, 9.17) is 4.42 Å². The van der Waals surface area contributed by atoms with Gasteiger partial charge in [0.2, 0.25) is 0 Å². The fraction of sp³-hybridized carbons (Fsp3) is 0.222. The largest absolute Gasteiger partial charge is 0.463 e. The normalized spacial score (nSPS) is 12.1. The molecule has 2 aromatic heterocycles. The fourth-order valence-corrected chi connectivity index (χ4v) is 2.49. The van der Waals surface area contributed by atoms with Gasteiger partial charge in [0, 0.05) is 12.6 Å². The second-order valence-corrected chi connectivity index (χ2v) is 5.31. The van der Waals surface area contributed by atoms with Gasteiger partial charge in [0.15, 0.2) is 11.5 Å². The minimum Gasteiger partial charge on any atom is -0.463 e. The van der Waals surface area contributed by atoms with Crippen LogP contribution >= 0.6 is 0 Å². The van der Waals surface area contributed by atoms with E-state index in [1.54, 1.807) is 17.0 Å². The van der Waals surface area contributed by atoms with E-state index in [-0.39, 0.29) is 11.9 Å². The van der Waals surface area contributed by atoms with E-state index in [0.717, 1.165) is 11.3 Å². The van der Waals surface area contributed by atoms with Crippen LogP contribution in [0.15, 0.2) is 59.2 Å². The predicted octanol–water partition coefficient (Wildman–Crippen LogP) is 3.65. The number of amides is 1. The first-order chi connectivity index (χ1) is 11.2. The number of nitrogens with zero attached hydrogens (tertiary/aromatic N) is 2. The van der Waals surface area contributed by atoms with Crippen molar-refractivity contribution in [3.8, 4) is 11.5 Å². The van der Waals surface area contributed by atoms with Gasteiger partial charge in [-0.3, -0.25) is 9.48 Å². The lowest BCUT2D eigenvalue weighted by Gasteiger charge is -2.13. The number of benzene rings is 1. The molecule has 3 aromatic rings. The standard InChI is InChI=1S/C18H19N3O2/c1-3-21-16(17-10-7-11-23-17)12-15(20-21)18(22)19-13(2)14-8-5-4-6-9-14/h4-13H,3H2,1-2H3,(H,19,22). The second kappa shape index (κ2) is 6.52. The monoisotopic (exact) mass is 309 g/mol. The molecule has 0 radical (unpaired) electrons. The summed E-state index contributed by atoms with van der Waals surface area (Å²) in [4.78, 5) is 12.5. The molecule has 1 aromatic carbocycles. The van der Waals surface area contributed by atoms with E-state index in [1.165, 1.54) is 0 Å². The van der Waals surface area contributed by atoms with Crippen molar-refractivity contribution < 1.29 is 9.21 Å². The third kappa shape index (κ3) is 3.18. The molecule has 0 saturated heterocycles. The maximum atomic E-state index is 12.5. The molecule has 118 valence electrons. The zero-order valence-corrected chi connectivity index (χ0v) is 13.2. The molecule has 0 spiro atoms. The number of furan rings is 1. The van der Waals surface area contributed by atoms with Gasteiger partial charge in [-0.15, -0.1) is 0 Å². The fourth-order valence-electron chi connectivity index (χ4n) is 2.49. The molecule has 5 heteroatoms. The van der Waals surface area contributed by atoms with Crippen molar-refractivity contribution in [2.75, 3.05) is 0 Å². The highest BCUT2D eigenvalue weighted by Crippen LogP contribution is 2.21. The summed E-state index contributed by atoms with van der Waals surface area (Å²) in [5.41, 5.74) is 2.25. The Hall–Kier alpha value is -2.82. The van der Waals surface area contributed by atoms with Crippen molar-refractivity contribution in [1.82, 2.24) is 15.1 Å². The Morgan fingerprint density at radius 3 is 2.70 bits per heavy atom. The van der Waals surface area contributed by atoms with Crippen LogP contribution in [-0.2, 0) is 6.54 Å². The molecular formula is C18H19N3O2. The number of carbonyl (C=O) groups excluding carboxylic acids is 1. The van der Waals surface area contributed by atoms with E-state index in [1.807, 2.05) is 56.3 Å². The van der Waals surface area contributed by atoms with Crippen LogP contribution < -0.4 is 5.32 Å². The predicted molar refractivity (Wildman–Crippen MR) is 87.9 cm³/mol. The van der Waals surface area contributed by atoms with Gasteiger partial charge in [0.25, 0.3) is 5.91 Å². The van der Waals surface area contributed by atoms with Crippen LogP contribution in [0, 0.1) is 0 Å². The van der Waals surface area contributed by atoms with Crippen LogP contribution in [0.5, 0.6) is 0 Å². The van der Waals surface area contributed by atoms with Crippen molar-refractivity contribution in [3.05, 3.63) is 66.1 Å². The van der Waals surface area contributed by atoms with Crippen molar-refractivity contribution in [1.29, 1.82) is 0 Å². The van der Waals surface area contributed by atoms with E-state index < -0.39 is 0 Å². The molecule has 23 heavy (non-hydrogen) atoms. The van der Waals surface area contributed by atoms with Gasteiger partial charge >= 0.3 is 0 Å². The summed E-state index contributed by atoms with van der Waals surface area (Å²) in [6, 6.07) is 15.2. The topological polar surface area (TPSA) is 60.1 Å². The molecule has 1 amide bonds. The number of rotatable bonds is 5. The van der Waals surface area contributed by atoms with Crippen LogP contribution in [0.1, 0.15) is 35.9 Å². The lowest BCUT2D eigenvalue weighted by Crippen LogP contribution is -2.27. The molecule has 0 aliphatic rings. The zero-order chi connectivity index (χ0) is 16.2. The highest BCUT2D eigenvalue weighted by Gasteiger charge is 2.18. The third-order valence-corrected chi connectivity index (χ3v) is 3.73. The smallest absolute Gasteiger partial charge is 0.272 e. The maximum Gasteiger partial charge on any atom is 0.272 e. The second-order valence-electron chi connectivity index (χ2n) is 5.31. The molecule has 0 bridgehead atoms.